The van der Waals surface area contributed by atoms with Gasteiger partial charge in [-0.2, -0.15) is 0 Å². The van der Waals surface area contributed by atoms with Gasteiger partial charge in [0.05, 0.1) is 19.4 Å². The van der Waals surface area contributed by atoms with Crippen LogP contribution in [0.3, 0.4) is 0 Å². The molecule has 0 aromatic heterocycles. The highest BCUT2D eigenvalue weighted by Crippen LogP contribution is 2.05. The van der Waals surface area contributed by atoms with Crippen LogP contribution in [0.25, 0.3) is 0 Å². The molecule has 1 atom stereocenters. The molecule has 0 aromatic rings. The molecule has 6 heteroatoms. The number of nitrogens with zero attached hydrogens (tertiary/aromatic N) is 4. The number of aliphatic hydroxyl groups excluding tert-OH is 1. The van der Waals surface area contributed by atoms with E-state index in [1.54, 1.807) is 0 Å². The van der Waals surface area contributed by atoms with E-state index >= 15 is 0 Å². The lowest BCUT2D eigenvalue weighted by Crippen LogP contribution is -2.48. The average Bonchev–Trinajstić information content (AvgIpc) is 2.59. The van der Waals surface area contributed by atoms with Gasteiger partial charge < -0.3 is 19.6 Å². The Bertz CT molecular complexity index is 316. The van der Waals surface area contributed by atoms with Crippen molar-refractivity contribution in [3.05, 3.63) is 0 Å². The Morgan fingerprint density at radius 3 is 2.17 bits per heavy atom. The maximum Gasteiger partial charge on any atom is 0.0992 e. The molecule has 2 aliphatic rings. The van der Waals surface area contributed by atoms with Crippen molar-refractivity contribution in [3.63, 3.8) is 0 Å². The van der Waals surface area contributed by atoms with Crippen LogP contribution < -0.4 is 0 Å². The van der Waals surface area contributed by atoms with Gasteiger partial charge in [-0.1, -0.05) is 19.8 Å². The molecule has 0 saturated carbocycles. The number of ether oxygens (including phenoxy) is 1. The van der Waals surface area contributed by atoms with Crippen molar-refractivity contribution >= 4 is 0 Å². The number of piperazine rings is 2. The number of likely N-dealkylation sites (N-methyl/N-ethyl adjacent to an activating group) is 1. The molecule has 1 unspecified atom stereocenters. The SMILES string of the molecule is CCCCCN1CCN(COCC(O)CN2CCN(C)CC2)CC1. The number of aliphatic hydroxyl groups is 1. The van der Waals surface area contributed by atoms with Crippen molar-refractivity contribution in [1.29, 1.82) is 0 Å². The molecular weight excluding hydrogens is 304 g/mol. The minimum atomic E-state index is -0.372. The molecule has 2 fully saturated rings. The first-order chi connectivity index (χ1) is 11.7. The van der Waals surface area contributed by atoms with Gasteiger partial charge in [0, 0.05) is 58.9 Å². The largest absolute Gasteiger partial charge is 0.389 e. The Morgan fingerprint density at radius 1 is 0.875 bits per heavy atom. The lowest BCUT2D eigenvalue weighted by molar-refractivity contribution is -0.0419. The second-order valence-electron chi connectivity index (χ2n) is 7.42. The number of unbranched alkanes of at least 4 members (excludes halogenated alkanes) is 2. The minimum Gasteiger partial charge on any atom is -0.389 e. The molecule has 24 heavy (non-hydrogen) atoms. The van der Waals surface area contributed by atoms with Crippen LogP contribution in [0.15, 0.2) is 0 Å². The van der Waals surface area contributed by atoms with Crippen molar-refractivity contribution in [2.75, 3.05) is 85.8 Å². The number of hydrogen-bond donors (Lipinski definition) is 1. The zero-order valence-corrected chi connectivity index (χ0v) is 15.8. The van der Waals surface area contributed by atoms with Crippen LogP contribution in [-0.4, -0.2) is 117 Å². The molecule has 0 aromatic carbocycles. The molecule has 2 saturated heterocycles. The van der Waals surface area contributed by atoms with Crippen LogP contribution in [0.2, 0.25) is 0 Å². The summed E-state index contributed by atoms with van der Waals surface area (Å²) in [7, 11) is 2.15. The van der Waals surface area contributed by atoms with Crippen LogP contribution >= 0.6 is 0 Å². The Labute approximate surface area is 148 Å². The first-order valence-corrected chi connectivity index (χ1v) is 9.78. The van der Waals surface area contributed by atoms with Crippen LogP contribution in [-0.2, 0) is 4.74 Å². The maximum atomic E-state index is 10.2. The average molecular weight is 343 g/mol. The summed E-state index contributed by atoms with van der Waals surface area (Å²) in [4.78, 5) is 9.59. The fraction of sp³-hybridized carbons (Fsp3) is 1.00. The van der Waals surface area contributed by atoms with Crippen molar-refractivity contribution < 1.29 is 9.84 Å². The fourth-order valence-corrected chi connectivity index (χ4v) is 3.43. The second kappa shape index (κ2) is 11.4. The van der Waals surface area contributed by atoms with Crippen molar-refractivity contribution in [1.82, 2.24) is 19.6 Å². The van der Waals surface area contributed by atoms with Crippen molar-refractivity contribution in [2.24, 2.45) is 0 Å². The van der Waals surface area contributed by atoms with Gasteiger partial charge in [0.1, 0.15) is 0 Å². The summed E-state index contributed by atoms with van der Waals surface area (Å²) in [5.41, 5.74) is 0. The van der Waals surface area contributed by atoms with Gasteiger partial charge in [0.15, 0.2) is 0 Å². The number of β-amino-alcohol motifs (C(OH)–C–C–N with tert-alkyl or cyclic N) is 1. The van der Waals surface area contributed by atoms with E-state index in [9.17, 15) is 5.11 Å². The van der Waals surface area contributed by atoms with Gasteiger partial charge in [-0.05, 0) is 20.0 Å². The van der Waals surface area contributed by atoms with Crippen molar-refractivity contribution in [2.45, 2.75) is 32.3 Å². The molecule has 0 amide bonds. The van der Waals surface area contributed by atoms with Crippen molar-refractivity contribution in [3.8, 4) is 0 Å². The van der Waals surface area contributed by atoms with Crippen LogP contribution in [0.4, 0.5) is 0 Å². The predicted molar refractivity (Wildman–Crippen MR) is 98.3 cm³/mol. The Morgan fingerprint density at radius 2 is 1.50 bits per heavy atom. The highest BCUT2D eigenvalue weighted by Gasteiger charge is 2.19. The van der Waals surface area contributed by atoms with Gasteiger partial charge in [0.2, 0.25) is 0 Å². The van der Waals surface area contributed by atoms with Gasteiger partial charge in [0.25, 0.3) is 0 Å². The smallest absolute Gasteiger partial charge is 0.0992 e. The molecule has 2 rings (SSSR count). The van der Waals surface area contributed by atoms with Crippen LogP contribution in [0, 0.1) is 0 Å². The summed E-state index contributed by atoms with van der Waals surface area (Å²) in [5.74, 6) is 0. The van der Waals surface area contributed by atoms with E-state index in [0.717, 1.165) is 58.9 Å². The summed E-state index contributed by atoms with van der Waals surface area (Å²) in [5, 5.41) is 10.2. The Hall–Kier alpha value is -0.240. The molecule has 0 radical (unpaired) electrons. The van der Waals surface area contributed by atoms with E-state index in [0.29, 0.717) is 13.3 Å². The summed E-state index contributed by atoms with van der Waals surface area (Å²) in [6.07, 6.45) is 3.59. The summed E-state index contributed by atoms with van der Waals surface area (Å²) in [6, 6.07) is 0. The molecular formula is C18H38N4O2. The minimum absolute atomic E-state index is 0.372. The predicted octanol–water partition coefficient (Wildman–Crippen LogP) is 0.377. The van der Waals surface area contributed by atoms with E-state index < -0.39 is 0 Å². The molecule has 2 heterocycles. The number of hydrogen-bond acceptors (Lipinski definition) is 6. The highest BCUT2D eigenvalue weighted by atomic mass is 16.5. The highest BCUT2D eigenvalue weighted by molar-refractivity contribution is 4.73. The molecule has 1 N–H and O–H groups in total. The molecule has 0 bridgehead atoms. The van der Waals surface area contributed by atoms with Gasteiger partial charge in [-0.15, -0.1) is 0 Å². The van der Waals surface area contributed by atoms with Gasteiger partial charge in [-0.25, -0.2) is 0 Å². The normalized spacial score (nSPS) is 23.6. The lowest BCUT2D eigenvalue weighted by Gasteiger charge is -2.35. The van der Waals surface area contributed by atoms with Crippen LogP contribution in [0.5, 0.6) is 0 Å². The molecule has 0 spiro atoms. The summed E-state index contributed by atoms with van der Waals surface area (Å²) >= 11 is 0. The quantitative estimate of drug-likeness (QED) is 0.579. The second-order valence-corrected chi connectivity index (χ2v) is 7.42. The standard InChI is InChI=1S/C18H38N4O2/c1-3-4-5-6-20-11-13-22(14-12-20)17-24-16-18(23)15-21-9-7-19(2)8-10-21/h18,23H,3-17H2,1-2H3. The zero-order valence-electron chi connectivity index (χ0n) is 15.8. The molecule has 0 aliphatic carbocycles. The molecule has 6 nitrogen and oxygen atoms in total. The third kappa shape index (κ3) is 7.76. The monoisotopic (exact) mass is 342 g/mol. The molecule has 2 aliphatic heterocycles. The van der Waals surface area contributed by atoms with E-state index in [1.807, 2.05) is 0 Å². The Kier molecular flexibility index (Phi) is 9.53. The summed E-state index contributed by atoms with van der Waals surface area (Å²) in [6.45, 7) is 14.1. The molecule has 142 valence electrons. The Balaban J connectivity index is 1.48. The fourth-order valence-electron chi connectivity index (χ4n) is 3.43. The zero-order chi connectivity index (χ0) is 17.2. The number of rotatable bonds is 10. The van der Waals surface area contributed by atoms with E-state index in [-0.39, 0.29) is 6.10 Å². The first kappa shape index (κ1) is 20.1. The van der Waals surface area contributed by atoms with E-state index in [1.165, 1.54) is 25.8 Å². The van der Waals surface area contributed by atoms with Gasteiger partial charge >= 0.3 is 0 Å². The maximum absolute atomic E-state index is 10.2. The third-order valence-electron chi connectivity index (χ3n) is 5.19. The third-order valence-corrected chi connectivity index (χ3v) is 5.19. The topological polar surface area (TPSA) is 42.4 Å². The van der Waals surface area contributed by atoms with Gasteiger partial charge in [-0.3, -0.25) is 9.80 Å². The van der Waals surface area contributed by atoms with E-state index in [4.69, 9.17) is 4.74 Å². The van der Waals surface area contributed by atoms with E-state index in [2.05, 4.69) is 33.6 Å². The lowest BCUT2D eigenvalue weighted by atomic mass is 10.2. The first-order valence-electron chi connectivity index (χ1n) is 9.78. The summed E-state index contributed by atoms with van der Waals surface area (Å²) < 4.78 is 5.75. The van der Waals surface area contributed by atoms with Crippen LogP contribution in [0.1, 0.15) is 26.2 Å².